The van der Waals surface area contributed by atoms with Gasteiger partial charge in [0.2, 0.25) is 0 Å². The number of urea groups is 1. The highest BCUT2D eigenvalue weighted by Crippen LogP contribution is 2.18. The number of hydrogen-bond acceptors (Lipinski definition) is 3. The highest BCUT2D eigenvalue weighted by molar-refractivity contribution is 6.04. The van der Waals surface area contributed by atoms with Gasteiger partial charge in [0.15, 0.2) is 0 Å². The number of ether oxygens (including phenoxy) is 1. The number of amides is 3. The van der Waals surface area contributed by atoms with Gasteiger partial charge < -0.3 is 10.1 Å². The molecule has 3 amide bonds. The zero-order valence-electron chi connectivity index (χ0n) is 8.82. The summed E-state index contributed by atoms with van der Waals surface area (Å²) >= 11 is 0. The van der Waals surface area contributed by atoms with Gasteiger partial charge in [0.1, 0.15) is 6.04 Å². The van der Waals surface area contributed by atoms with Gasteiger partial charge in [-0.3, -0.25) is 10.1 Å². The molecule has 16 heavy (non-hydrogen) atoms. The molecule has 0 spiro atoms. The van der Waals surface area contributed by atoms with Crippen LogP contribution in [-0.2, 0) is 16.1 Å². The predicted octanol–water partition coefficient (Wildman–Crippen LogP) is 0.714. The van der Waals surface area contributed by atoms with Crippen molar-refractivity contribution in [1.29, 1.82) is 0 Å². The molecule has 1 aromatic rings. The Labute approximate surface area is 92.8 Å². The second-order valence-corrected chi connectivity index (χ2v) is 3.57. The fraction of sp³-hybridized carbons (Fsp3) is 0.273. The standard InChI is InChI=1S/C11H12N2O3/c1-16-6-7-3-2-4-8(5-7)9-10(14)13-11(15)12-9/h2-5,9H,6H2,1H3,(H2,12,13,14,15). The second kappa shape index (κ2) is 4.32. The maximum atomic E-state index is 11.4. The van der Waals surface area contributed by atoms with E-state index in [-0.39, 0.29) is 5.91 Å². The highest BCUT2D eigenvalue weighted by atomic mass is 16.5. The van der Waals surface area contributed by atoms with Crippen molar-refractivity contribution in [3.8, 4) is 0 Å². The summed E-state index contributed by atoms with van der Waals surface area (Å²) in [6.07, 6.45) is 0. The minimum Gasteiger partial charge on any atom is -0.380 e. The Morgan fingerprint density at radius 1 is 1.38 bits per heavy atom. The van der Waals surface area contributed by atoms with Gasteiger partial charge in [-0.2, -0.15) is 0 Å². The maximum Gasteiger partial charge on any atom is 0.322 e. The molecular weight excluding hydrogens is 208 g/mol. The summed E-state index contributed by atoms with van der Waals surface area (Å²) < 4.78 is 5.01. The third-order valence-electron chi connectivity index (χ3n) is 2.37. The monoisotopic (exact) mass is 220 g/mol. The summed E-state index contributed by atoms with van der Waals surface area (Å²) in [7, 11) is 1.61. The van der Waals surface area contributed by atoms with E-state index in [0.717, 1.165) is 11.1 Å². The SMILES string of the molecule is COCc1cccc(C2NC(=O)NC2=O)c1. The van der Waals surface area contributed by atoms with Gasteiger partial charge in [0, 0.05) is 7.11 Å². The molecule has 1 fully saturated rings. The molecule has 0 aromatic heterocycles. The van der Waals surface area contributed by atoms with Crippen LogP contribution in [0.5, 0.6) is 0 Å². The zero-order chi connectivity index (χ0) is 11.5. The van der Waals surface area contributed by atoms with Crippen LogP contribution in [0.25, 0.3) is 0 Å². The quantitative estimate of drug-likeness (QED) is 0.737. The van der Waals surface area contributed by atoms with Crippen LogP contribution in [-0.4, -0.2) is 19.0 Å². The van der Waals surface area contributed by atoms with Crippen molar-refractivity contribution < 1.29 is 14.3 Å². The molecule has 2 N–H and O–H groups in total. The predicted molar refractivity (Wildman–Crippen MR) is 56.6 cm³/mol. The molecule has 1 unspecified atom stereocenters. The first kappa shape index (κ1) is 10.6. The number of methoxy groups -OCH3 is 1. The Hall–Kier alpha value is -1.88. The van der Waals surface area contributed by atoms with E-state index in [4.69, 9.17) is 4.74 Å². The summed E-state index contributed by atoms with van der Waals surface area (Å²) in [6.45, 7) is 0.482. The van der Waals surface area contributed by atoms with Gasteiger partial charge in [-0.15, -0.1) is 0 Å². The van der Waals surface area contributed by atoms with Crippen LogP contribution in [0, 0.1) is 0 Å². The molecule has 5 heteroatoms. The Morgan fingerprint density at radius 3 is 2.81 bits per heavy atom. The molecule has 0 saturated carbocycles. The van der Waals surface area contributed by atoms with Gasteiger partial charge in [0.25, 0.3) is 5.91 Å². The molecule has 5 nitrogen and oxygen atoms in total. The molecule has 0 bridgehead atoms. The Kier molecular flexibility index (Phi) is 2.87. The van der Waals surface area contributed by atoms with Crippen LogP contribution in [0.15, 0.2) is 24.3 Å². The number of carbonyl (C=O) groups is 2. The van der Waals surface area contributed by atoms with Crippen molar-refractivity contribution in [2.24, 2.45) is 0 Å². The van der Waals surface area contributed by atoms with Crippen molar-refractivity contribution >= 4 is 11.9 Å². The lowest BCUT2D eigenvalue weighted by molar-refractivity contribution is -0.120. The van der Waals surface area contributed by atoms with Crippen molar-refractivity contribution in [1.82, 2.24) is 10.6 Å². The molecular formula is C11H12N2O3. The maximum absolute atomic E-state index is 11.4. The fourth-order valence-electron chi connectivity index (χ4n) is 1.68. The van der Waals surface area contributed by atoms with Crippen LogP contribution >= 0.6 is 0 Å². The molecule has 84 valence electrons. The Morgan fingerprint density at radius 2 is 2.19 bits per heavy atom. The fourth-order valence-corrected chi connectivity index (χ4v) is 1.68. The van der Waals surface area contributed by atoms with Crippen molar-refractivity contribution in [2.45, 2.75) is 12.6 Å². The average molecular weight is 220 g/mol. The van der Waals surface area contributed by atoms with E-state index < -0.39 is 12.1 Å². The molecule has 1 aliphatic rings. The zero-order valence-corrected chi connectivity index (χ0v) is 8.82. The third-order valence-corrected chi connectivity index (χ3v) is 2.37. The summed E-state index contributed by atoms with van der Waals surface area (Å²) in [6, 6.07) is 6.34. The third kappa shape index (κ3) is 2.04. The lowest BCUT2D eigenvalue weighted by Crippen LogP contribution is -2.22. The van der Waals surface area contributed by atoms with E-state index in [2.05, 4.69) is 10.6 Å². The Bertz CT molecular complexity index is 431. The van der Waals surface area contributed by atoms with Gasteiger partial charge in [0.05, 0.1) is 6.61 Å². The molecule has 1 saturated heterocycles. The van der Waals surface area contributed by atoms with E-state index >= 15 is 0 Å². The van der Waals surface area contributed by atoms with E-state index in [1.54, 1.807) is 13.2 Å². The number of carbonyl (C=O) groups excluding carboxylic acids is 2. The number of rotatable bonds is 3. The lowest BCUT2D eigenvalue weighted by atomic mass is 10.0. The van der Waals surface area contributed by atoms with Crippen LogP contribution < -0.4 is 10.6 Å². The molecule has 1 atom stereocenters. The van der Waals surface area contributed by atoms with Crippen LogP contribution in [0.3, 0.4) is 0 Å². The van der Waals surface area contributed by atoms with Crippen molar-refractivity contribution in [2.75, 3.05) is 7.11 Å². The topological polar surface area (TPSA) is 67.4 Å². The normalized spacial score (nSPS) is 19.4. The van der Waals surface area contributed by atoms with E-state index in [9.17, 15) is 9.59 Å². The minimum atomic E-state index is -0.593. The van der Waals surface area contributed by atoms with Crippen LogP contribution in [0.4, 0.5) is 4.79 Å². The van der Waals surface area contributed by atoms with Gasteiger partial charge >= 0.3 is 6.03 Å². The molecule has 1 aromatic carbocycles. The highest BCUT2D eigenvalue weighted by Gasteiger charge is 2.30. The number of imide groups is 1. The smallest absolute Gasteiger partial charge is 0.322 e. The van der Waals surface area contributed by atoms with E-state index in [1.807, 2.05) is 18.2 Å². The first-order valence-electron chi connectivity index (χ1n) is 4.90. The molecule has 0 aliphatic carbocycles. The first-order valence-corrected chi connectivity index (χ1v) is 4.90. The van der Waals surface area contributed by atoms with E-state index in [1.165, 1.54) is 0 Å². The largest absolute Gasteiger partial charge is 0.380 e. The number of benzene rings is 1. The molecule has 1 aliphatic heterocycles. The van der Waals surface area contributed by atoms with Gasteiger partial charge in [-0.1, -0.05) is 24.3 Å². The van der Waals surface area contributed by atoms with Crippen LogP contribution in [0.1, 0.15) is 17.2 Å². The van der Waals surface area contributed by atoms with Gasteiger partial charge in [-0.05, 0) is 11.1 Å². The summed E-state index contributed by atoms with van der Waals surface area (Å²) in [5.74, 6) is -0.320. The summed E-state index contributed by atoms with van der Waals surface area (Å²) in [5.41, 5.74) is 1.73. The second-order valence-electron chi connectivity index (χ2n) is 3.57. The summed E-state index contributed by atoms with van der Waals surface area (Å²) in [4.78, 5) is 22.4. The Balaban J connectivity index is 2.23. The van der Waals surface area contributed by atoms with Gasteiger partial charge in [-0.25, -0.2) is 4.79 Å². The first-order chi connectivity index (χ1) is 7.70. The van der Waals surface area contributed by atoms with Crippen molar-refractivity contribution in [3.05, 3.63) is 35.4 Å². The number of hydrogen-bond donors (Lipinski definition) is 2. The average Bonchev–Trinajstić information content (AvgIpc) is 2.59. The van der Waals surface area contributed by atoms with Crippen LogP contribution in [0.2, 0.25) is 0 Å². The summed E-state index contributed by atoms with van der Waals surface area (Å²) in [5, 5.41) is 4.75. The molecule has 1 heterocycles. The molecule has 0 radical (unpaired) electrons. The number of nitrogens with one attached hydrogen (secondary N) is 2. The lowest BCUT2D eigenvalue weighted by Gasteiger charge is -2.09. The molecule has 2 rings (SSSR count). The van der Waals surface area contributed by atoms with Crippen molar-refractivity contribution in [3.63, 3.8) is 0 Å². The minimum absolute atomic E-state index is 0.320. The van der Waals surface area contributed by atoms with E-state index in [0.29, 0.717) is 6.61 Å².